The summed E-state index contributed by atoms with van der Waals surface area (Å²) in [5, 5.41) is 3.19. The molecule has 140 valence electrons. The summed E-state index contributed by atoms with van der Waals surface area (Å²) < 4.78 is 26.0. The van der Waals surface area contributed by atoms with E-state index in [4.69, 9.17) is 5.73 Å². The molecule has 0 aromatic carbocycles. The van der Waals surface area contributed by atoms with E-state index in [2.05, 4.69) is 5.32 Å². The molecule has 2 aliphatic rings. The lowest BCUT2D eigenvalue weighted by Gasteiger charge is -2.34. The number of nitrogens with zero attached hydrogens (tertiary/aromatic N) is 1. The fraction of sp³-hybridized carbons (Fsp3) is 0.941. The van der Waals surface area contributed by atoms with Crippen molar-refractivity contribution >= 4 is 15.9 Å². The van der Waals surface area contributed by atoms with Crippen LogP contribution in [0.4, 0.5) is 0 Å². The Labute approximate surface area is 146 Å². The lowest BCUT2D eigenvalue weighted by molar-refractivity contribution is -0.127. The Hall–Kier alpha value is -0.660. The van der Waals surface area contributed by atoms with Gasteiger partial charge in [-0.25, -0.2) is 12.7 Å². The first-order valence-corrected chi connectivity index (χ1v) is 11.1. The summed E-state index contributed by atoms with van der Waals surface area (Å²) in [6.45, 7) is 3.55. The Kier molecular flexibility index (Phi) is 7.50. The fourth-order valence-corrected chi connectivity index (χ4v) is 5.51. The van der Waals surface area contributed by atoms with Gasteiger partial charge in [-0.3, -0.25) is 4.79 Å². The monoisotopic (exact) mass is 359 g/mol. The van der Waals surface area contributed by atoms with Gasteiger partial charge in [-0.1, -0.05) is 26.2 Å². The smallest absolute Gasteiger partial charge is 0.223 e. The molecule has 2 rings (SSSR count). The molecule has 2 atom stereocenters. The van der Waals surface area contributed by atoms with Crippen LogP contribution in [0.25, 0.3) is 0 Å². The minimum Gasteiger partial charge on any atom is -0.353 e. The van der Waals surface area contributed by atoms with Crippen LogP contribution < -0.4 is 11.1 Å². The van der Waals surface area contributed by atoms with Gasteiger partial charge in [0.05, 0.1) is 5.75 Å². The Balaban J connectivity index is 1.82. The van der Waals surface area contributed by atoms with E-state index in [0.29, 0.717) is 44.8 Å². The zero-order valence-electron chi connectivity index (χ0n) is 14.9. The number of rotatable bonds is 7. The van der Waals surface area contributed by atoms with Crippen LogP contribution in [-0.4, -0.2) is 50.1 Å². The SMILES string of the molecule is CCCCS(=O)(=O)N1CCC(C(=O)NC2CCCCC2CN)CC1. The second-order valence-electron chi connectivity index (χ2n) is 7.24. The minimum absolute atomic E-state index is 0.0667. The van der Waals surface area contributed by atoms with Crippen molar-refractivity contribution in [1.29, 1.82) is 0 Å². The number of sulfonamides is 1. The maximum atomic E-state index is 12.5. The molecule has 7 heteroatoms. The van der Waals surface area contributed by atoms with E-state index >= 15 is 0 Å². The van der Waals surface area contributed by atoms with Crippen LogP contribution in [-0.2, 0) is 14.8 Å². The van der Waals surface area contributed by atoms with Gasteiger partial charge in [0.2, 0.25) is 15.9 Å². The molecule has 24 heavy (non-hydrogen) atoms. The Morgan fingerprint density at radius 1 is 1.17 bits per heavy atom. The summed E-state index contributed by atoms with van der Waals surface area (Å²) in [7, 11) is -3.15. The minimum atomic E-state index is -3.15. The largest absolute Gasteiger partial charge is 0.353 e. The number of nitrogens with one attached hydrogen (secondary N) is 1. The highest BCUT2D eigenvalue weighted by molar-refractivity contribution is 7.89. The first kappa shape index (κ1) is 19.7. The third-order valence-corrected chi connectivity index (χ3v) is 7.47. The van der Waals surface area contributed by atoms with E-state index in [1.165, 1.54) is 6.42 Å². The van der Waals surface area contributed by atoms with Crippen molar-refractivity contribution in [2.45, 2.75) is 64.3 Å². The summed E-state index contributed by atoms with van der Waals surface area (Å²) in [6.07, 6.45) is 7.27. The molecule has 1 saturated heterocycles. The average molecular weight is 360 g/mol. The molecule has 2 unspecified atom stereocenters. The molecule has 1 amide bonds. The maximum absolute atomic E-state index is 12.5. The first-order chi connectivity index (χ1) is 11.5. The number of hydrogen-bond acceptors (Lipinski definition) is 4. The van der Waals surface area contributed by atoms with Crippen LogP contribution in [0.1, 0.15) is 58.3 Å². The number of nitrogens with two attached hydrogens (primary N) is 1. The van der Waals surface area contributed by atoms with Crippen LogP contribution in [0.5, 0.6) is 0 Å². The third-order valence-electron chi connectivity index (χ3n) is 5.51. The summed E-state index contributed by atoms with van der Waals surface area (Å²) in [5.74, 6) is 0.631. The topological polar surface area (TPSA) is 92.5 Å². The van der Waals surface area contributed by atoms with Crippen LogP contribution in [0.3, 0.4) is 0 Å². The van der Waals surface area contributed by atoms with Gasteiger partial charge < -0.3 is 11.1 Å². The lowest BCUT2D eigenvalue weighted by atomic mass is 9.84. The molecule has 0 bridgehead atoms. The van der Waals surface area contributed by atoms with Crippen molar-refractivity contribution in [2.24, 2.45) is 17.6 Å². The summed E-state index contributed by atoms with van der Waals surface area (Å²) >= 11 is 0. The Bertz CT molecular complexity index is 501. The van der Waals surface area contributed by atoms with E-state index in [-0.39, 0.29) is 23.6 Å². The van der Waals surface area contributed by atoms with Crippen LogP contribution in [0, 0.1) is 11.8 Å². The highest BCUT2D eigenvalue weighted by Crippen LogP contribution is 2.25. The van der Waals surface area contributed by atoms with Crippen LogP contribution >= 0.6 is 0 Å². The third kappa shape index (κ3) is 5.17. The quantitative estimate of drug-likeness (QED) is 0.720. The molecular weight excluding hydrogens is 326 g/mol. The molecule has 0 aromatic heterocycles. The van der Waals surface area contributed by atoms with Crippen molar-refractivity contribution in [3.63, 3.8) is 0 Å². The van der Waals surface area contributed by atoms with Gasteiger partial charge in [0.1, 0.15) is 0 Å². The molecule has 0 spiro atoms. The van der Waals surface area contributed by atoms with Gasteiger partial charge in [0, 0.05) is 25.0 Å². The standard InChI is InChI=1S/C17H33N3O3S/c1-2-3-12-24(22,23)20-10-8-14(9-11-20)17(21)19-16-7-5-4-6-15(16)13-18/h14-16H,2-13,18H2,1H3,(H,19,21). The van der Waals surface area contributed by atoms with Crippen molar-refractivity contribution in [3.8, 4) is 0 Å². The summed E-state index contributed by atoms with van der Waals surface area (Å²) in [5.41, 5.74) is 5.83. The van der Waals surface area contributed by atoms with Crippen molar-refractivity contribution in [1.82, 2.24) is 9.62 Å². The highest BCUT2D eigenvalue weighted by Gasteiger charge is 2.33. The molecule has 3 N–H and O–H groups in total. The first-order valence-electron chi connectivity index (χ1n) is 9.46. The molecule has 1 aliphatic carbocycles. The normalized spacial score (nSPS) is 27.1. The van der Waals surface area contributed by atoms with Gasteiger partial charge in [0.25, 0.3) is 0 Å². The van der Waals surface area contributed by atoms with E-state index in [1.807, 2.05) is 6.92 Å². The predicted octanol–water partition coefficient (Wildman–Crippen LogP) is 1.46. The Morgan fingerprint density at radius 2 is 1.83 bits per heavy atom. The molecule has 1 heterocycles. The van der Waals surface area contributed by atoms with Crippen LogP contribution in [0.15, 0.2) is 0 Å². The maximum Gasteiger partial charge on any atom is 0.223 e. The number of carbonyl (C=O) groups excluding carboxylic acids is 1. The molecule has 1 aliphatic heterocycles. The molecule has 0 radical (unpaired) electrons. The van der Waals surface area contributed by atoms with Gasteiger partial charge in [-0.15, -0.1) is 0 Å². The average Bonchev–Trinajstić information content (AvgIpc) is 2.60. The van der Waals surface area contributed by atoms with Gasteiger partial charge in [-0.05, 0) is 44.6 Å². The Morgan fingerprint density at radius 3 is 2.46 bits per heavy atom. The van der Waals surface area contributed by atoms with Crippen molar-refractivity contribution in [2.75, 3.05) is 25.4 Å². The van der Waals surface area contributed by atoms with Crippen LogP contribution in [0.2, 0.25) is 0 Å². The number of hydrogen-bond donors (Lipinski definition) is 2. The molecule has 0 aromatic rings. The number of piperidine rings is 1. The summed E-state index contributed by atoms with van der Waals surface area (Å²) in [6, 6.07) is 0.197. The molecular formula is C17H33N3O3S. The van der Waals surface area contributed by atoms with E-state index in [9.17, 15) is 13.2 Å². The van der Waals surface area contributed by atoms with Gasteiger partial charge >= 0.3 is 0 Å². The second kappa shape index (κ2) is 9.15. The number of carbonyl (C=O) groups is 1. The van der Waals surface area contributed by atoms with Gasteiger partial charge in [-0.2, -0.15) is 0 Å². The van der Waals surface area contributed by atoms with Crippen molar-refractivity contribution in [3.05, 3.63) is 0 Å². The lowest BCUT2D eigenvalue weighted by Crippen LogP contribution is -2.49. The van der Waals surface area contributed by atoms with Gasteiger partial charge in [0.15, 0.2) is 0 Å². The zero-order chi connectivity index (χ0) is 17.6. The number of amides is 1. The second-order valence-corrected chi connectivity index (χ2v) is 9.33. The van der Waals surface area contributed by atoms with Crippen molar-refractivity contribution < 1.29 is 13.2 Å². The molecule has 1 saturated carbocycles. The zero-order valence-corrected chi connectivity index (χ0v) is 15.7. The highest BCUT2D eigenvalue weighted by atomic mass is 32.2. The number of unbranched alkanes of at least 4 members (excludes halogenated alkanes) is 1. The van der Waals surface area contributed by atoms with E-state index < -0.39 is 10.0 Å². The molecule has 2 fully saturated rings. The predicted molar refractivity (Wildman–Crippen MR) is 95.9 cm³/mol. The fourth-order valence-electron chi connectivity index (χ4n) is 3.83. The van der Waals surface area contributed by atoms with E-state index in [0.717, 1.165) is 25.7 Å². The summed E-state index contributed by atoms with van der Waals surface area (Å²) in [4.78, 5) is 12.5. The van der Waals surface area contributed by atoms with E-state index in [1.54, 1.807) is 4.31 Å². The molecule has 6 nitrogen and oxygen atoms in total.